The number of ether oxygens (including phenoxy) is 3. The van der Waals surface area contributed by atoms with Gasteiger partial charge in [-0.2, -0.15) is 13.8 Å². The Morgan fingerprint density at radius 2 is 1.97 bits per heavy atom. The lowest BCUT2D eigenvalue weighted by atomic mass is 10.2. The number of methoxy groups -OCH3 is 1. The van der Waals surface area contributed by atoms with E-state index in [2.05, 4.69) is 14.9 Å². The number of rotatable bonds is 10. The maximum Gasteiger partial charge on any atom is 0.387 e. The highest BCUT2D eigenvalue weighted by molar-refractivity contribution is 5.60. The third-order valence-corrected chi connectivity index (χ3v) is 4.24. The summed E-state index contributed by atoms with van der Waals surface area (Å²) in [5.74, 6) is 1.68. The topological polar surface area (TPSA) is 69.9 Å². The van der Waals surface area contributed by atoms with Crippen molar-refractivity contribution in [3.05, 3.63) is 53.9 Å². The van der Waals surface area contributed by atoms with Crippen LogP contribution in [0.1, 0.15) is 11.5 Å². The summed E-state index contributed by atoms with van der Waals surface area (Å²) in [4.78, 5) is 6.35. The van der Waals surface area contributed by atoms with Crippen LogP contribution < -0.4 is 14.2 Å². The van der Waals surface area contributed by atoms with Crippen LogP contribution in [0, 0.1) is 6.92 Å². The van der Waals surface area contributed by atoms with Gasteiger partial charge in [-0.15, -0.1) is 0 Å². The quantitative estimate of drug-likeness (QED) is 0.489. The van der Waals surface area contributed by atoms with Gasteiger partial charge in [-0.3, -0.25) is 4.90 Å². The number of benzene rings is 2. The third-order valence-electron chi connectivity index (χ3n) is 4.24. The Hall–Kier alpha value is -3.20. The van der Waals surface area contributed by atoms with E-state index in [9.17, 15) is 8.78 Å². The first-order chi connectivity index (χ1) is 14.4. The third kappa shape index (κ3) is 5.90. The molecule has 3 rings (SSSR count). The SMILES string of the molecule is COc1cc(-c2noc(CN(C)CCOc3cccc(C)c3)n2)ccc1OC(F)F. The molecule has 0 radical (unpaired) electrons. The summed E-state index contributed by atoms with van der Waals surface area (Å²) in [5.41, 5.74) is 1.71. The molecule has 0 saturated carbocycles. The first-order valence-corrected chi connectivity index (χ1v) is 9.28. The molecular weight excluding hydrogens is 396 g/mol. The fourth-order valence-electron chi connectivity index (χ4n) is 2.77. The Kier molecular flexibility index (Phi) is 7.18. The van der Waals surface area contributed by atoms with Crippen LogP contribution in [-0.2, 0) is 6.54 Å². The molecular formula is C21H23F2N3O4. The van der Waals surface area contributed by atoms with Gasteiger partial charge in [-0.25, -0.2) is 0 Å². The first kappa shape index (κ1) is 21.5. The van der Waals surface area contributed by atoms with Crippen LogP contribution in [0.2, 0.25) is 0 Å². The second-order valence-electron chi connectivity index (χ2n) is 6.66. The molecule has 0 N–H and O–H groups in total. The number of likely N-dealkylation sites (N-methyl/N-ethyl adjacent to an activating group) is 1. The normalized spacial score (nSPS) is 11.2. The van der Waals surface area contributed by atoms with E-state index in [1.165, 1.54) is 19.2 Å². The van der Waals surface area contributed by atoms with Gasteiger partial charge in [0.2, 0.25) is 11.7 Å². The number of nitrogens with zero attached hydrogens (tertiary/aromatic N) is 3. The molecule has 2 aromatic carbocycles. The van der Waals surface area contributed by atoms with E-state index in [1.807, 2.05) is 43.1 Å². The zero-order valence-electron chi connectivity index (χ0n) is 17.0. The zero-order valence-corrected chi connectivity index (χ0v) is 17.0. The number of alkyl halides is 2. The van der Waals surface area contributed by atoms with Crippen LogP contribution in [-0.4, -0.2) is 49.0 Å². The molecule has 1 aromatic heterocycles. The Morgan fingerprint density at radius 1 is 1.13 bits per heavy atom. The largest absolute Gasteiger partial charge is 0.493 e. The molecule has 0 aliphatic carbocycles. The van der Waals surface area contributed by atoms with Gasteiger partial charge in [-0.05, 0) is 49.9 Å². The second-order valence-corrected chi connectivity index (χ2v) is 6.66. The summed E-state index contributed by atoms with van der Waals surface area (Å²) >= 11 is 0. The van der Waals surface area contributed by atoms with Crippen molar-refractivity contribution in [3.63, 3.8) is 0 Å². The molecule has 0 fully saturated rings. The molecule has 0 aliphatic rings. The number of hydrogen-bond donors (Lipinski definition) is 0. The summed E-state index contributed by atoms with van der Waals surface area (Å²) in [6, 6.07) is 12.3. The van der Waals surface area contributed by atoms with Gasteiger partial charge in [0.15, 0.2) is 11.5 Å². The second kappa shape index (κ2) is 10.0. The van der Waals surface area contributed by atoms with Crippen LogP contribution in [0.3, 0.4) is 0 Å². The Labute approximate surface area is 173 Å². The van der Waals surface area contributed by atoms with Crippen molar-refractivity contribution in [3.8, 4) is 28.6 Å². The number of aromatic nitrogens is 2. The fraction of sp³-hybridized carbons (Fsp3) is 0.333. The molecule has 30 heavy (non-hydrogen) atoms. The highest BCUT2D eigenvalue weighted by atomic mass is 19.3. The van der Waals surface area contributed by atoms with E-state index < -0.39 is 6.61 Å². The number of aryl methyl sites for hydroxylation is 1. The zero-order chi connectivity index (χ0) is 21.5. The minimum absolute atomic E-state index is 0.0617. The summed E-state index contributed by atoms with van der Waals surface area (Å²) in [6.45, 7) is 0.699. The lowest BCUT2D eigenvalue weighted by Gasteiger charge is -2.14. The van der Waals surface area contributed by atoms with E-state index >= 15 is 0 Å². The summed E-state index contributed by atoms with van der Waals surface area (Å²) in [7, 11) is 3.29. The van der Waals surface area contributed by atoms with E-state index in [4.69, 9.17) is 14.0 Å². The van der Waals surface area contributed by atoms with Crippen LogP contribution in [0.15, 0.2) is 47.0 Å². The van der Waals surface area contributed by atoms with Gasteiger partial charge in [0.05, 0.1) is 13.7 Å². The van der Waals surface area contributed by atoms with E-state index in [-0.39, 0.29) is 11.5 Å². The molecule has 0 saturated heterocycles. The van der Waals surface area contributed by atoms with Crippen molar-refractivity contribution in [2.45, 2.75) is 20.1 Å². The number of halogens is 2. The van der Waals surface area contributed by atoms with Gasteiger partial charge in [0.1, 0.15) is 12.4 Å². The average molecular weight is 419 g/mol. The van der Waals surface area contributed by atoms with Crippen LogP contribution in [0.5, 0.6) is 17.2 Å². The van der Waals surface area contributed by atoms with Crippen molar-refractivity contribution in [2.24, 2.45) is 0 Å². The van der Waals surface area contributed by atoms with Crippen molar-refractivity contribution >= 4 is 0 Å². The maximum absolute atomic E-state index is 12.5. The van der Waals surface area contributed by atoms with Crippen molar-refractivity contribution in [1.29, 1.82) is 0 Å². The number of hydrogen-bond acceptors (Lipinski definition) is 7. The predicted octanol–water partition coefficient (Wildman–Crippen LogP) is 4.17. The minimum atomic E-state index is -2.94. The lowest BCUT2D eigenvalue weighted by Crippen LogP contribution is -2.24. The summed E-state index contributed by atoms with van der Waals surface area (Å²) in [5, 5.41) is 3.95. The lowest BCUT2D eigenvalue weighted by molar-refractivity contribution is -0.0512. The van der Waals surface area contributed by atoms with Crippen molar-refractivity contribution in [2.75, 3.05) is 27.3 Å². The van der Waals surface area contributed by atoms with E-state index in [0.29, 0.717) is 37.0 Å². The molecule has 160 valence electrons. The Balaban J connectivity index is 1.56. The first-order valence-electron chi connectivity index (χ1n) is 9.28. The molecule has 0 spiro atoms. The fourth-order valence-corrected chi connectivity index (χ4v) is 2.77. The molecule has 3 aromatic rings. The summed E-state index contributed by atoms with van der Waals surface area (Å²) in [6.07, 6.45) is 0. The Morgan fingerprint density at radius 3 is 2.70 bits per heavy atom. The molecule has 0 atom stereocenters. The molecule has 0 amide bonds. The molecule has 1 heterocycles. The highest BCUT2D eigenvalue weighted by Gasteiger charge is 2.15. The van der Waals surface area contributed by atoms with Crippen molar-refractivity contribution < 1.29 is 27.5 Å². The molecule has 0 aliphatic heterocycles. The maximum atomic E-state index is 12.5. The van der Waals surface area contributed by atoms with E-state index in [1.54, 1.807) is 6.07 Å². The molecule has 7 nitrogen and oxygen atoms in total. The molecule has 0 unspecified atom stereocenters. The highest BCUT2D eigenvalue weighted by Crippen LogP contribution is 2.32. The van der Waals surface area contributed by atoms with Crippen LogP contribution in [0.25, 0.3) is 11.4 Å². The average Bonchev–Trinajstić information content (AvgIpc) is 3.16. The van der Waals surface area contributed by atoms with Crippen LogP contribution >= 0.6 is 0 Å². The van der Waals surface area contributed by atoms with Gasteiger partial charge < -0.3 is 18.7 Å². The summed E-state index contributed by atoms with van der Waals surface area (Å²) < 4.78 is 45.5. The predicted molar refractivity (Wildman–Crippen MR) is 106 cm³/mol. The molecule has 0 bridgehead atoms. The van der Waals surface area contributed by atoms with Gasteiger partial charge in [0, 0.05) is 12.1 Å². The Bertz CT molecular complexity index is 965. The van der Waals surface area contributed by atoms with Crippen LogP contribution in [0.4, 0.5) is 8.78 Å². The smallest absolute Gasteiger partial charge is 0.387 e. The minimum Gasteiger partial charge on any atom is -0.493 e. The van der Waals surface area contributed by atoms with Gasteiger partial charge >= 0.3 is 6.61 Å². The van der Waals surface area contributed by atoms with Gasteiger partial charge in [0.25, 0.3) is 0 Å². The van der Waals surface area contributed by atoms with Gasteiger partial charge in [-0.1, -0.05) is 17.3 Å². The molecule has 9 heteroatoms. The van der Waals surface area contributed by atoms with Crippen molar-refractivity contribution in [1.82, 2.24) is 15.0 Å². The standard InChI is InChI=1S/C21H23F2N3O4/c1-14-5-4-6-16(11-14)28-10-9-26(2)13-19-24-20(25-30-19)15-7-8-17(29-21(22)23)18(12-15)27-3/h4-8,11-12,21H,9-10,13H2,1-3H3. The van der Waals surface area contributed by atoms with E-state index in [0.717, 1.165) is 11.3 Å². The monoisotopic (exact) mass is 419 g/mol.